The van der Waals surface area contributed by atoms with Gasteiger partial charge in [-0.2, -0.15) is 4.31 Å². The maximum Gasteiger partial charge on any atom is 0.253 e. The van der Waals surface area contributed by atoms with Crippen LogP contribution in [0.1, 0.15) is 25.0 Å². The van der Waals surface area contributed by atoms with E-state index < -0.39 is 16.1 Å². The lowest BCUT2D eigenvalue weighted by molar-refractivity contribution is -0.137. The lowest BCUT2D eigenvalue weighted by Gasteiger charge is -2.34. The Morgan fingerprint density at radius 2 is 2.17 bits per heavy atom. The number of nitrogens with one attached hydrogen (secondary N) is 1. The van der Waals surface area contributed by atoms with Gasteiger partial charge in [-0.1, -0.05) is 0 Å². The van der Waals surface area contributed by atoms with Gasteiger partial charge in [-0.25, -0.2) is 8.42 Å². The van der Waals surface area contributed by atoms with Crippen molar-refractivity contribution in [1.29, 1.82) is 0 Å². The van der Waals surface area contributed by atoms with E-state index in [2.05, 4.69) is 10.3 Å². The highest BCUT2D eigenvalue weighted by Gasteiger charge is 2.44. The largest absolute Gasteiger partial charge is 0.363 e. The number of nitrogens with zero attached hydrogens (tertiary/aromatic N) is 2. The molecule has 23 heavy (non-hydrogen) atoms. The van der Waals surface area contributed by atoms with E-state index in [0.29, 0.717) is 31.5 Å². The molecule has 2 fully saturated rings. The minimum Gasteiger partial charge on any atom is -0.363 e. The Bertz CT molecular complexity index is 706. The molecule has 0 radical (unpaired) electrons. The third kappa shape index (κ3) is 3.39. The van der Waals surface area contributed by atoms with Crippen molar-refractivity contribution in [2.24, 2.45) is 0 Å². The van der Waals surface area contributed by atoms with Crippen molar-refractivity contribution >= 4 is 21.6 Å². The topological polar surface area (TPSA) is 88.6 Å². The van der Waals surface area contributed by atoms with Crippen LogP contribution in [0.25, 0.3) is 0 Å². The van der Waals surface area contributed by atoms with Crippen LogP contribution in [0.3, 0.4) is 0 Å². The first-order chi connectivity index (χ1) is 10.9. The maximum atomic E-state index is 12.4. The van der Waals surface area contributed by atoms with Crippen LogP contribution < -0.4 is 5.32 Å². The first-order valence-corrected chi connectivity index (χ1v) is 9.56. The fourth-order valence-electron chi connectivity index (χ4n) is 3.32. The number of anilines is 1. The molecule has 7 nitrogen and oxygen atoms in total. The van der Waals surface area contributed by atoms with E-state index >= 15 is 0 Å². The molecule has 0 aromatic carbocycles. The predicted molar refractivity (Wildman–Crippen MR) is 85.5 cm³/mol. The summed E-state index contributed by atoms with van der Waals surface area (Å²) >= 11 is 0. The van der Waals surface area contributed by atoms with Crippen LogP contribution in [-0.4, -0.2) is 54.7 Å². The van der Waals surface area contributed by atoms with E-state index in [9.17, 15) is 13.2 Å². The standard InChI is InChI=1S/C15H21N3O4S/c1-10-11(4-3-8-16-10)17-15(19)14-6-5-12-13(22-14)7-9-18(12)23(2,20)21/h3-4,8,12-14H,5-7,9H2,1-2H3,(H,17,19)/t12-,13-,14+/m1/s1. The second-order valence-corrected chi connectivity index (χ2v) is 8.03. The minimum atomic E-state index is -3.22. The van der Waals surface area contributed by atoms with Crippen molar-refractivity contribution in [1.82, 2.24) is 9.29 Å². The van der Waals surface area contributed by atoms with Gasteiger partial charge < -0.3 is 10.1 Å². The Balaban J connectivity index is 1.64. The van der Waals surface area contributed by atoms with Crippen molar-refractivity contribution < 1.29 is 17.9 Å². The number of sulfonamides is 1. The molecule has 3 rings (SSSR count). The predicted octanol–water partition coefficient (Wildman–Crippen LogP) is 0.910. The van der Waals surface area contributed by atoms with Gasteiger partial charge in [0.25, 0.3) is 5.91 Å². The number of hydrogen-bond donors (Lipinski definition) is 1. The van der Waals surface area contributed by atoms with E-state index in [4.69, 9.17) is 4.74 Å². The molecule has 2 saturated heterocycles. The van der Waals surface area contributed by atoms with Crippen molar-refractivity contribution in [3.8, 4) is 0 Å². The zero-order valence-electron chi connectivity index (χ0n) is 13.2. The molecule has 2 aliphatic heterocycles. The Hall–Kier alpha value is -1.51. The molecular formula is C15H21N3O4S. The summed E-state index contributed by atoms with van der Waals surface area (Å²) in [5.74, 6) is -0.197. The molecule has 0 spiro atoms. The lowest BCUT2D eigenvalue weighted by atomic mass is 9.99. The number of carbonyl (C=O) groups excluding carboxylic acids is 1. The Morgan fingerprint density at radius 3 is 2.87 bits per heavy atom. The van der Waals surface area contributed by atoms with Gasteiger partial charge in [0, 0.05) is 12.7 Å². The van der Waals surface area contributed by atoms with Gasteiger partial charge in [0.1, 0.15) is 6.10 Å². The highest BCUT2D eigenvalue weighted by molar-refractivity contribution is 7.88. The molecule has 0 unspecified atom stereocenters. The fourth-order valence-corrected chi connectivity index (χ4v) is 4.49. The molecule has 126 valence electrons. The Morgan fingerprint density at radius 1 is 1.39 bits per heavy atom. The first kappa shape index (κ1) is 16.4. The molecular weight excluding hydrogens is 318 g/mol. The molecule has 3 atom stereocenters. The smallest absolute Gasteiger partial charge is 0.253 e. The van der Waals surface area contributed by atoms with Crippen LogP contribution >= 0.6 is 0 Å². The SMILES string of the molecule is Cc1ncccc1NC(=O)[C@@H]1CC[C@@H]2[C@@H](CCN2S(C)(=O)=O)O1. The quantitative estimate of drug-likeness (QED) is 0.884. The van der Waals surface area contributed by atoms with Gasteiger partial charge in [0.15, 0.2) is 0 Å². The Labute approximate surface area is 136 Å². The molecule has 8 heteroatoms. The van der Waals surface area contributed by atoms with E-state index in [0.717, 1.165) is 5.69 Å². The normalized spacial score (nSPS) is 28.3. The zero-order valence-corrected chi connectivity index (χ0v) is 14.0. The summed E-state index contributed by atoms with van der Waals surface area (Å²) in [5, 5.41) is 2.84. The van der Waals surface area contributed by atoms with Crippen LogP contribution in [0, 0.1) is 6.92 Å². The number of hydrogen-bond acceptors (Lipinski definition) is 5. The molecule has 0 saturated carbocycles. The van der Waals surface area contributed by atoms with Crippen LogP contribution in [0.5, 0.6) is 0 Å². The number of aryl methyl sites for hydroxylation is 1. The van der Waals surface area contributed by atoms with Gasteiger partial charge in [0.05, 0.1) is 29.8 Å². The highest BCUT2D eigenvalue weighted by Crippen LogP contribution is 2.33. The summed E-state index contributed by atoms with van der Waals surface area (Å²) in [4.78, 5) is 16.5. The summed E-state index contributed by atoms with van der Waals surface area (Å²) in [6.45, 7) is 2.29. The number of rotatable bonds is 3. The average molecular weight is 339 g/mol. The number of pyridine rings is 1. The third-order valence-corrected chi connectivity index (χ3v) is 5.79. The molecule has 1 N–H and O–H groups in total. The van der Waals surface area contributed by atoms with Gasteiger partial charge in [-0.3, -0.25) is 9.78 Å². The molecule has 1 aromatic rings. The second-order valence-electron chi connectivity index (χ2n) is 6.10. The molecule has 1 aromatic heterocycles. The first-order valence-electron chi connectivity index (χ1n) is 7.71. The molecule has 2 aliphatic rings. The van der Waals surface area contributed by atoms with E-state index in [1.54, 1.807) is 18.3 Å². The second kappa shape index (κ2) is 6.18. The van der Waals surface area contributed by atoms with E-state index in [1.165, 1.54) is 10.6 Å². The third-order valence-electron chi connectivity index (χ3n) is 4.48. The summed E-state index contributed by atoms with van der Waals surface area (Å²) in [6.07, 6.45) is 3.93. The highest BCUT2D eigenvalue weighted by atomic mass is 32.2. The average Bonchev–Trinajstić information content (AvgIpc) is 2.92. The summed E-state index contributed by atoms with van der Waals surface area (Å²) in [6, 6.07) is 3.42. The summed E-state index contributed by atoms with van der Waals surface area (Å²) in [5.41, 5.74) is 1.42. The van der Waals surface area contributed by atoms with Gasteiger partial charge >= 0.3 is 0 Å². The van der Waals surface area contributed by atoms with Gasteiger partial charge in [0.2, 0.25) is 10.0 Å². The minimum absolute atomic E-state index is 0.144. The number of amides is 1. The van der Waals surface area contributed by atoms with E-state index in [1.807, 2.05) is 6.92 Å². The molecule has 3 heterocycles. The van der Waals surface area contributed by atoms with Crippen molar-refractivity contribution in [3.05, 3.63) is 24.0 Å². The maximum absolute atomic E-state index is 12.4. The fraction of sp³-hybridized carbons (Fsp3) is 0.600. The number of fused-ring (bicyclic) bond motifs is 1. The van der Waals surface area contributed by atoms with Crippen molar-refractivity contribution in [3.63, 3.8) is 0 Å². The molecule has 0 bridgehead atoms. The summed E-state index contributed by atoms with van der Waals surface area (Å²) < 4.78 is 30.9. The zero-order chi connectivity index (χ0) is 16.6. The van der Waals surface area contributed by atoms with Crippen molar-refractivity contribution in [2.75, 3.05) is 18.1 Å². The number of carbonyl (C=O) groups is 1. The van der Waals surface area contributed by atoms with Crippen LogP contribution in [0.15, 0.2) is 18.3 Å². The van der Waals surface area contributed by atoms with Crippen LogP contribution in [0.2, 0.25) is 0 Å². The lowest BCUT2D eigenvalue weighted by Crippen LogP contribution is -2.47. The monoisotopic (exact) mass is 339 g/mol. The summed E-state index contributed by atoms with van der Waals surface area (Å²) in [7, 11) is -3.22. The van der Waals surface area contributed by atoms with Crippen molar-refractivity contribution in [2.45, 2.75) is 44.4 Å². The molecule has 1 amide bonds. The number of ether oxygens (including phenoxy) is 1. The van der Waals surface area contributed by atoms with Gasteiger partial charge in [-0.15, -0.1) is 0 Å². The number of aromatic nitrogens is 1. The van der Waals surface area contributed by atoms with Crippen LogP contribution in [0.4, 0.5) is 5.69 Å². The van der Waals surface area contributed by atoms with Crippen LogP contribution in [-0.2, 0) is 19.6 Å². The van der Waals surface area contributed by atoms with E-state index in [-0.39, 0.29) is 18.1 Å². The molecule has 0 aliphatic carbocycles. The van der Waals surface area contributed by atoms with Gasteiger partial charge in [-0.05, 0) is 38.3 Å². The Kier molecular flexibility index (Phi) is 4.39.